The molecule has 0 spiro atoms. The third-order valence-corrected chi connectivity index (χ3v) is 6.52. The number of para-hydroxylation sites is 1. The van der Waals surface area contributed by atoms with Crippen molar-refractivity contribution in [2.45, 2.75) is 46.0 Å². The molecule has 1 N–H and O–H groups in total. The number of fused-ring (bicyclic) bond motifs is 2. The Morgan fingerprint density at radius 1 is 1.14 bits per heavy atom. The number of amides is 2. The van der Waals surface area contributed by atoms with E-state index in [-0.39, 0.29) is 24.1 Å². The lowest BCUT2D eigenvalue weighted by Gasteiger charge is -2.27. The monoisotopic (exact) mass is 484 g/mol. The number of rotatable bonds is 5. The Morgan fingerprint density at radius 3 is 2.60 bits per heavy atom. The number of benzene rings is 3. The van der Waals surface area contributed by atoms with Gasteiger partial charge in [-0.15, -0.1) is 0 Å². The molecule has 0 fully saturated rings. The number of nitrogens with zero attached hydrogens (tertiary/aromatic N) is 1. The van der Waals surface area contributed by atoms with Gasteiger partial charge in [0, 0.05) is 5.92 Å². The Balaban J connectivity index is 1.83. The summed E-state index contributed by atoms with van der Waals surface area (Å²) in [7, 11) is 0. The summed E-state index contributed by atoms with van der Waals surface area (Å²) in [6.45, 7) is 5.10. The first-order chi connectivity index (χ1) is 16.6. The van der Waals surface area contributed by atoms with Gasteiger partial charge in [-0.1, -0.05) is 56.3 Å². The Kier molecular flexibility index (Phi) is 6.74. The molecule has 4 rings (SSSR count). The molecule has 2 atom stereocenters. The average molecular weight is 485 g/mol. The highest BCUT2D eigenvalue weighted by atomic mass is 19.4. The molecule has 3 aromatic rings. The summed E-state index contributed by atoms with van der Waals surface area (Å²) in [5.41, 5.74) is 0.776. The molecule has 0 saturated heterocycles. The molecule has 0 unspecified atom stereocenters. The second kappa shape index (κ2) is 9.60. The van der Waals surface area contributed by atoms with Crippen molar-refractivity contribution in [2.75, 3.05) is 11.5 Å². The zero-order chi connectivity index (χ0) is 25.3. The van der Waals surface area contributed by atoms with Crippen molar-refractivity contribution in [3.63, 3.8) is 0 Å². The van der Waals surface area contributed by atoms with Crippen LogP contribution in [0.3, 0.4) is 0 Å². The molecule has 5 nitrogen and oxygen atoms in total. The Hall–Kier alpha value is -3.55. The lowest BCUT2D eigenvalue weighted by Crippen LogP contribution is -2.51. The molecule has 184 valence electrons. The highest BCUT2D eigenvalue weighted by Gasteiger charge is 2.40. The predicted molar refractivity (Wildman–Crippen MR) is 128 cm³/mol. The number of alkyl halides is 3. The topological polar surface area (TPSA) is 58.6 Å². The molecule has 3 aromatic carbocycles. The van der Waals surface area contributed by atoms with Crippen molar-refractivity contribution in [3.05, 3.63) is 71.3 Å². The second-order valence-corrected chi connectivity index (χ2v) is 8.84. The molecular weight excluding hydrogens is 457 g/mol. The van der Waals surface area contributed by atoms with Crippen LogP contribution in [-0.4, -0.2) is 24.5 Å². The van der Waals surface area contributed by atoms with Crippen molar-refractivity contribution in [1.82, 2.24) is 5.32 Å². The standard InChI is InChI=1S/C27H27F3N2O3/c1-4-16(2)25(33)31-22-15-35-24-21(27(28,29)30)10-7-11-23(24)32(26(22)34)14-20-17(3)12-13-18-8-5-6-9-19(18)20/h5-13,16,22H,4,14-15H2,1-3H3,(H,31,33)/t16-,22+/m1/s1. The molecule has 8 heteroatoms. The van der Waals surface area contributed by atoms with E-state index < -0.39 is 36.0 Å². The van der Waals surface area contributed by atoms with Crippen LogP contribution in [0, 0.1) is 12.8 Å². The van der Waals surface area contributed by atoms with Crippen LogP contribution >= 0.6 is 0 Å². The smallest absolute Gasteiger partial charge is 0.420 e. The summed E-state index contributed by atoms with van der Waals surface area (Å²) in [6.07, 6.45) is -4.11. The summed E-state index contributed by atoms with van der Waals surface area (Å²) < 4.78 is 47.1. The number of ether oxygens (including phenoxy) is 1. The number of halogens is 3. The van der Waals surface area contributed by atoms with Crippen molar-refractivity contribution in [3.8, 4) is 5.75 Å². The summed E-state index contributed by atoms with van der Waals surface area (Å²) in [5, 5.41) is 4.54. The largest absolute Gasteiger partial charge is 0.488 e. The minimum atomic E-state index is -4.67. The Bertz CT molecular complexity index is 1270. The van der Waals surface area contributed by atoms with Crippen molar-refractivity contribution in [2.24, 2.45) is 5.92 Å². The molecule has 2 amide bonds. The Labute approximate surface area is 201 Å². The molecule has 1 aliphatic rings. The van der Waals surface area contributed by atoms with E-state index in [0.29, 0.717) is 6.42 Å². The molecular formula is C27H27F3N2O3. The third-order valence-electron chi connectivity index (χ3n) is 6.52. The fourth-order valence-corrected chi connectivity index (χ4v) is 4.24. The number of aryl methyl sites for hydroxylation is 1. The van der Waals surface area contributed by atoms with Gasteiger partial charge in [-0.25, -0.2) is 0 Å². The van der Waals surface area contributed by atoms with Gasteiger partial charge >= 0.3 is 6.18 Å². The number of carbonyl (C=O) groups excluding carboxylic acids is 2. The van der Waals surface area contributed by atoms with E-state index in [4.69, 9.17) is 4.74 Å². The quantitative estimate of drug-likeness (QED) is 0.511. The molecule has 0 bridgehead atoms. The van der Waals surface area contributed by atoms with E-state index in [2.05, 4.69) is 5.32 Å². The minimum absolute atomic E-state index is 0.0254. The first-order valence-electron chi connectivity index (χ1n) is 11.5. The van der Waals surface area contributed by atoms with E-state index >= 15 is 0 Å². The molecule has 0 aliphatic carbocycles. The first-order valence-corrected chi connectivity index (χ1v) is 11.5. The fourth-order valence-electron chi connectivity index (χ4n) is 4.24. The third kappa shape index (κ3) is 4.83. The van der Waals surface area contributed by atoms with Crippen LogP contribution in [0.1, 0.15) is 37.0 Å². The molecule has 0 aromatic heterocycles. The number of hydrogen-bond donors (Lipinski definition) is 1. The number of anilines is 1. The Morgan fingerprint density at radius 2 is 1.89 bits per heavy atom. The molecule has 0 radical (unpaired) electrons. The van der Waals surface area contributed by atoms with E-state index in [9.17, 15) is 22.8 Å². The molecule has 1 aliphatic heterocycles. The van der Waals surface area contributed by atoms with Crippen molar-refractivity contribution >= 4 is 28.3 Å². The first kappa shape index (κ1) is 24.6. The van der Waals surface area contributed by atoms with Gasteiger partial charge < -0.3 is 15.0 Å². The van der Waals surface area contributed by atoms with Gasteiger partial charge in [0.15, 0.2) is 5.75 Å². The summed E-state index contributed by atoms with van der Waals surface area (Å²) in [4.78, 5) is 27.6. The van der Waals surface area contributed by atoms with E-state index in [1.54, 1.807) is 6.92 Å². The van der Waals surface area contributed by atoms with Crippen LogP contribution in [-0.2, 0) is 22.3 Å². The zero-order valence-corrected chi connectivity index (χ0v) is 19.8. The predicted octanol–water partition coefficient (Wildman–Crippen LogP) is 5.62. The van der Waals surface area contributed by atoms with Gasteiger partial charge in [-0.3, -0.25) is 9.59 Å². The van der Waals surface area contributed by atoms with Gasteiger partial charge in [0.1, 0.15) is 12.6 Å². The number of hydrogen-bond acceptors (Lipinski definition) is 3. The van der Waals surface area contributed by atoms with E-state index in [1.807, 2.05) is 50.2 Å². The van der Waals surface area contributed by atoms with Crippen LogP contribution < -0.4 is 15.0 Å². The second-order valence-electron chi connectivity index (χ2n) is 8.84. The van der Waals surface area contributed by atoms with Crippen LogP contribution in [0.4, 0.5) is 18.9 Å². The SMILES string of the molecule is CC[C@@H](C)C(=O)N[C@H]1COc2c(cccc2C(F)(F)F)N(Cc2c(C)ccc3ccccc23)C1=O. The maximum atomic E-state index is 13.8. The minimum Gasteiger partial charge on any atom is -0.488 e. The highest BCUT2D eigenvalue weighted by molar-refractivity contribution is 6.02. The van der Waals surface area contributed by atoms with Crippen LogP contribution in [0.25, 0.3) is 10.8 Å². The van der Waals surface area contributed by atoms with Gasteiger partial charge in [0.25, 0.3) is 5.91 Å². The summed E-state index contributed by atoms with van der Waals surface area (Å²) >= 11 is 0. The molecule has 1 heterocycles. The van der Waals surface area contributed by atoms with E-state index in [1.165, 1.54) is 17.0 Å². The lowest BCUT2D eigenvalue weighted by molar-refractivity contribution is -0.139. The van der Waals surface area contributed by atoms with Crippen molar-refractivity contribution < 1.29 is 27.5 Å². The highest BCUT2D eigenvalue weighted by Crippen LogP contribution is 2.44. The maximum absolute atomic E-state index is 13.8. The summed E-state index contributed by atoms with van der Waals surface area (Å²) in [6, 6.07) is 14.0. The normalized spacial score (nSPS) is 16.9. The van der Waals surface area contributed by atoms with Crippen LogP contribution in [0.2, 0.25) is 0 Å². The number of nitrogens with one attached hydrogen (secondary N) is 1. The van der Waals surface area contributed by atoms with Gasteiger partial charge in [-0.2, -0.15) is 13.2 Å². The van der Waals surface area contributed by atoms with Crippen LogP contribution in [0.15, 0.2) is 54.6 Å². The van der Waals surface area contributed by atoms with Gasteiger partial charge in [0.2, 0.25) is 5.91 Å². The molecule has 0 saturated carbocycles. The average Bonchev–Trinajstić information content (AvgIpc) is 2.96. The zero-order valence-electron chi connectivity index (χ0n) is 19.8. The van der Waals surface area contributed by atoms with Crippen LogP contribution in [0.5, 0.6) is 5.75 Å². The van der Waals surface area contributed by atoms with E-state index in [0.717, 1.165) is 28.0 Å². The fraction of sp³-hybridized carbons (Fsp3) is 0.333. The number of carbonyl (C=O) groups is 2. The lowest BCUT2D eigenvalue weighted by atomic mass is 9.98. The van der Waals surface area contributed by atoms with Gasteiger partial charge in [0.05, 0.1) is 17.8 Å². The maximum Gasteiger partial charge on any atom is 0.420 e. The van der Waals surface area contributed by atoms with Gasteiger partial charge in [-0.05, 0) is 47.4 Å². The summed E-state index contributed by atoms with van der Waals surface area (Å²) in [5.74, 6) is -1.63. The van der Waals surface area contributed by atoms with Crippen molar-refractivity contribution in [1.29, 1.82) is 0 Å². The molecule has 35 heavy (non-hydrogen) atoms.